The molecule has 1 aliphatic heterocycles. The molecular formula is C15H21NO2. The van der Waals surface area contributed by atoms with Crippen molar-refractivity contribution >= 4 is 5.97 Å². The number of esters is 1. The summed E-state index contributed by atoms with van der Waals surface area (Å²) in [5.74, 6) is 0.523. The van der Waals surface area contributed by atoms with Crippen LogP contribution in [0.5, 0.6) is 0 Å². The van der Waals surface area contributed by atoms with Crippen molar-refractivity contribution in [3.63, 3.8) is 0 Å². The normalized spacial score (nSPS) is 23.7. The zero-order valence-electron chi connectivity index (χ0n) is 11.1. The van der Waals surface area contributed by atoms with E-state index in [0.717, 1.165) is 12.5 Å². The van der Waals surface area contributed by atoms with Crippen LogP contribution in [0.2, 0.25) is 0 Å². The Morgan fingerprint density at radius 1 is 1.39 bits per heavy atom. The van der Waals surface area contributed by atoms with Crippen molar-refractivity contribution in [2.45, 2.75) is 32.7 Å². The summed E-state index contributed by atoms with van der Waals surface area (Å²) in [6, 6.07) is 8.19. The highest BCUT2D eigenvalue weighted by Crippen LogP contribution is 2.26. The fourth-order valence-corrected chi connectivity index (χ4v) is 2.43. The van der Waals surface area contributed by atoms with E-state index in [1.54, 1.807) is 0 Å². The van der Waals surface area contributed by atoms with Gasteiger partial charge in [-0.15, -0.1) is 0 Å². The van der Waals surface area contributed by atoms with Crippen LogP contribution >= 0.6 is 0 Å². The van der Waals surface area contributed by atoms with E-state index in [0.29, 0.717) is 18.2 Å². The summed E-state index contributed by atoms with van der Waals surface area (Å²) in [5, 5.41) is 3.52. The van der Waals surface area contributed by atoms with Crippen molar-refractivity contribution in [2.75, 3.05) is 13.2 Å². The van der Waals surface area contributed by atoms with E-state index in [1.165, 1.54) is 18.4 Å². The molecule has 0 spiro atoms. The average Bonchev–Trinajstić information content (AvgIpc) is 2.39. The Balaban J connectivity index is 2.05. The van der Waals surface area contributed by atoms with Crippen molar-refractivity contribution in [3.8, 4) is 0 Å². The van der Waals surface area contributed by atoms with Crippen molar-refractivity contribution in [1.82, 2.24) is 5.32 Å². The molecule has 1 N–H and O–H groups in total. The molecule has 0 bridgehead atoms. The lowest BCUT2D eigenvalue weighted by Crippen LogP contribution is -2.30. The van der Waals surface area contributed by atoms with Crippen LogP contribution in [-0.4, -0.2) is 19.1 Å². The molecular weight excluding hydrogens is 226 g/mol. The Labute approximate surface area is 109 Å². The molecule has 98 valence electrons. The maximum Gasteiger partial charge on any atom is 0.338 e. The minimum atomic E-state index is -0.242. The molecule has 1 aliphatic rings. The van der Waals surface area contributed by atoms with Gasteiger partial charge in [0.2, 0.25) is 0 Å². The van der Waals surface area contributed by atoms with Crippen LogP contribution in [0.1, 0.15) is 48.7 Å². The molecule has 2 atom stereocenters. The topological polar surface area (TPSA) is 38.3 Å². The van der Waals surface area contributed by atoms with Crippen LogP contribution in [-0.2, 0) is 4.74 Å². The van der Waals surface area contributed by atoms with Gasteiger partial charge in [-0.3, -0.25) is 0 Å². The predicted molar refractivity (Wildman–Crippen MR) is 71.5 cm³/mol. The van der Waals surface area contributed by atoms with Crippen molar-refractivity contribution in [1.29, 1.82) is 0 Å². The summed E-state index contributed by atoms with van der Waals surface area (Å²) in [6.07, 6.45) is 2.41. The Hall–Kier alpha value is -1.35. The summed E-state index contributed by atoms with van der Waals surface area (Å²) >= 11 is 0. The molecule has 0 amide bonds. The van der Waals surface area contributed by atoms with Crippen LogP contribution in [0.3, 0.4) is 0 Å². The Morgan fingerprint density at radius 3 is 2.72 bits per heavy atom. The smallest absolute Gasteiger partial charge is 0.338 e. The third-order valence-electron chi connectivity index (χ3n) is 3.49. The first-order valence-electron chi connectivity index (χ1n) is 6.71. The molecule has 3 nitrogen and oxygen atoms in total. The Kier molecular flexibility index (Phi) is 4.37. The Morgan fingerprint density at radius 2 is 2.11 bits per heavy atom. The fourth-order valence-electron chi connectivity index (χ4n) is 2.43. The predicted octanol–water partition coefficient (Wildman–Crippen LogP) is 2.92. The second-order valence-corrected chi connectivity index (χ2v) is 4.98. The number of benzene rings is 1. The maximum absolute atomic E-state index is 11.5. The molecule has 0 aromatic heterocycles. The molecule has 0 unspecified atom stereocenters. The van der Waals surface area contributed by atoms with Crippen LogP contribution in [0, 0.1) is 5.92 Å². The minimum absolute atomic E-state index is 0.242. The second-order valence-electron chi connectivity index (χ2n) is 4.98. The lowest BCUT2D eigenvalue weighted by atomic mass is 9.90. The first kappa shape index (κ1) is 13.1. The van der Waals surface area contributed by atoms with Gasteiger partial charge in [0.1, 0.15) is 0 Å². The number of piperidine rings is 1. The fraction of sp³-hybridized carbons (Fsp3) is 0.533. The van der Waals surface area contributed by atoms with E-state index in [1.807, 2.05) is 31.2 Å². The zero-order chi connectivity index (χ0) is 13.0. The van der Waals surface area contributed by atoms with Gasteiger partial charge in [-0.1, -0.05) is 19.1 Å². The van der Waals surface area contributed by atoms with E-state index in [4.69, 9.17) is 4.74 Å². The summed E-state index contributed by atoms with van der Waals surface area (Å²) in [7, 11) is 0. The summed E-state index contributed by atoms with van der Waals surface area (Å²) in [5.41, 5.74) is 1.89. The lowest BCUT2D eigenvalue weighted by molar-refractivity contribution is 0.0526. The molecule has 1 aromatic carbocycles. The van der Waals surface area contributed by atoms with Gasteiger partial charge in [-0.25, -0.2) is 4.79 Å². The lowest BCUT2D eigenvalue weighted by Gasteiger charge is -2.28. The van der Waals surface area contributed by atoms with Gasteiger partial charge in [0.15, 0.2) is 0 Å². The van der Waals surface area contributed by atoms with E-state index < -0.39 is 0 Å². The highest BCUT2D eigenvalue weighted by molar-refractivity contribution is 5.89. The van der Waals surface area contributed by atoms with Crippen LogP contribution in [0.25, 0.3) is 0 Å². The van der Waals surface area contributed by atoms with E-state index >= 15 is 0 Å². The minimum Gasteiger partial charge on any atom is -0.462 e. The van der Waals surface area contributed by atoms with E-state index in [-0.39, 0.29) is 5.97 Å². The van der Waals surface area contributed by atoms with Crippen molar-refractivity contribution in [3.05, 3.63) is 35.4 Å². The van der Waals surface area contributed by atoms with Crippen LogP contribution < -0.4 is 5.32 Å². The number of hydrogen-bond acceptors (Lipinski definition) is 3. The number of rotatable bonds is 3. The van der Waals surface area contributed by atoms with Crippen LogP contribution in [0.15, 0.2) is 24.3 Å². The number of carbonyl (C=O) groups excluding carboxylic acids is 1. The number of carbonyl (C=O) groups is 1. The Bertz CT molecular complexity index is 399. The van der Waals surface area contributed by atoms with E-state index in [9.17, 15) is 4.79 Å². The molecule has 2 rings (SSSR count). The van der Waals surface area contributed by atoms with Gasteiger partial charge < -0.3 is 10.1 Å². The van der Waals surface area contributed by atoms with E-state index in [2.05, 4.69) is 12.2 Å². The molecule has 1 fully saturated rings. The molecule has 1 aromatic rings. The molecule has 0 saturated carbocycles. The monoisotopic (exact) mass is 247 g/mol. The number of hydrogen-bond donors (Lipinski definition) is 1. The quantitative estimate of drug-likeness (QED) is 0.835. The number of nitrogens with one attached hydrogen (secondary N) is 1. The standard InChI is InChI=1S/C15H21NO2/c1-3-18-15(17)13-6-4-12(5-7-13)14-10-11(2)8-9-16-14/h4-7,11,14,16H,3,8-10H2,1-2H3/t11-,14+/m1/s1. The zero-order valence-corrected chi connectivity index (χ0v) is 11.1. The average molecular weight is 247 g/mol. The molecule has 0 radical (unpaired) electrons. The molecule has 3 heteroatoms. The second kappa shape index (κ2) is 6.01. The third-order valence-corrected chi connectivity index (χ3v) is 3.49. The maximum atomic E-state index is 11.5. The van der Waals surface area contributed by atoms with Gasteiger partial charge in [0, 0.05) is 6.04 Å². The summed E-state index contributed by atoms with van der Waals surface area (Å²) in [6.45, 7) is 5.61. The highest BCUT2D eigenvalue weighted by atomic mass is 16.5. The largest absolute Gasteiger partial charge is 0.462 e. The SMILES string of the molecule is CCOC(=O)c1ccc([C@@H]2C[C@H](C)CCN2)cc1. The van der Waals surface area contributed by atoms with Gasteiger partial charge in [-0.05, 0) is 49.9 Å². The van der Waals surface area contributed by atoms with Crippen molar-refractivity contribution in [2.24, 2.45) is 5.92 Å². The number of ether oxygens (including phenoxy) is 1. The summed E-state index contributed by atoms with van der Waals surface area (Å²) in [4.78, 5) is 11.5. The van der Waals surface area contributed by atoms with Gasteiger partial charge in [-0.2, -0.15) is 0 Å². The molecule has 1 saturated heterocycles. The highest BCUT2D eigenvalue weighted by Gasteiger charge is 2.19. The first-order chi connectivity index (χ1) is 8.70. The molecule has 0 aliphatic carbocycles. The van der Waals surface area contributed by atoms with Gasteiger partial charge in [0.25, 0.3) is 0 Å². The molecule has 1 heterocycles. The molecule has 18 heavy (non-hydrogen) atoms. The summed E-state index contributed by atoms with van der Waals surface area (Å²) < 4.78 is 4.98. The van der Waals surface area contributed by atoms with Gasteiger partial charge in [0.05, 0.1) is 12.2 Å². The third kappa shape index (κ3) is 3.10. The first-order valence-corrected chi connectivity index (χ1v) is 6.71. The van der Waals surface area contributed by atoms with Crippen molar-refractivity contribution < 1.29 is 9.53 Å². The van der Waals surface area contributed by atoms with Crippen LogP contribution in [0.4, 0.5) is 0 Å². The van der Waals surface area contributed by atoms with Gasteiger partial charge >= 0.3 is 5.97 Å².